The summed E-state index contributed by atoms with van der Waals surface area (Å²) in [5, 5.41) is 0. The largest absolute Gasteiger partial charge is 0.465 e. The summed E-state index contributed by atoms with van der Waals surface area (Å²) in [5.41, 5.74) is 1.33. The highest BCUT2D eigenvalue weighted by Gasteiger charge is 2.05. The van der Waals surface area contributed by atoms with E-state index in [4.69, 9.17) is 0 Å². The van der Waals surface area contributed by atoms with Gasteiger partial charge in [0.1, 0.15) is 5.65 Å². The van der Waals surface area contributed by atoms with E-state index < -0.39 is 0 Å². The van der Waals surface area contributed by atoms with Crippen molar-refractivity contribution in [1.82, 2.24) is 9.38 Å². The molecule has 0 bridgehead atoms. The number of pyridine rings is 1. The van der Waals surface area contributed by atoms with E-state index in [1.807, 2.05) is 13.8 Å². The molecular formula is C11H14N2O2. The van der Waals surface area contributed by atoms with E-state index in [0.29, 0.717) is 5.56 Å². The molecule has 0 saturated carbocycles. The number of carbonyl (C=O) groups is 1. The second-order valence-electron chi connectivity index (χ2n) is 2.60. The summed E-state index contributed by atoms with van der Waals surface area (Å²) in [6.45, 7) is 4.00. The molecule has 2 aromatic rings. The van der Waals surface area contributed by atoms with Crippen LogP contribution in [0.3, 0.4) is 0 Å². The molecule has 0 fully saturated rings. The van der Waals surface area contributed by atoms with Gasteiger partial charge in [0.15, 0.2) is 0 Å². The van der Waals surface area contributed by atoms with Crippen LogP contribution in [0.1, 0.15) is 24.2 Å². The Morgan fingerprint density at radius 3 is 2.80 bits per heavy atom. The van der Waals surface area contributed by atoms with Crippen molar-refractivity contribution in [3.8, 4) is 0 Å². The molecule has 0 aliphatic heterocycles. The SMILES string of the molecule is CC.COC(=O)c1ccc2nccn2c1. The molecule has 0 aromatic carbocycles. The number of hydrogen-bond donors (Lipinski definition) is 0. The fraction of sp³-hybridized carbons (Fsp3) is 0.273. The van der Waals surface area contributed by atoms with Crippen molar-refractivity contribution < 1.29 is 9.53 Å². The zero-order valence-electron chi connectivity index (χ0n) is 9.10. The summed E-state index contributed by atoms with van der Waals surface area (Å²) in [6.07, 6.45) is 5.15. The standard InChI is InChI=1S/C9H8N2O2.C2H6/c1-13-9(12)7-2-3-8-10-4-5-11(8)6-7;1-2/h2-6H,1H3;1-2H3. The van der Waals surface area contributed by atoms with Crippen molar-refractivity contribution in [1.29, 1.82) is 0 Å². The maximum atomic E-state index is 11.1. The first-order valence-corrected chi connectivity index (χ1v) is 4.82. The minimum atomic E-state index is -0.337. The third kappa shape index (κ3) is 2.34. The van der Waals surface area contributed by atoms with Crippen molar-refractivity contribution in [2.24, 2.45) is 0 Å². The highest BCUT2D eigenvalue weighted by molar-refractivity contribution is 5.89. The fourth-order valence-electron chi connectivity index (χ4n) is 1.16. The minimum Gasteiger partial charge on any atom is -0.465 e. The van der Waals surface area contributed by atoms with Gasteiger partial charge in [0.2, 0.25) is 0 Å². The molecule has 2 heterocycles. The van der Waals surface area contributed by atoms with E-state index in [-0.39, 0.29) is 5.97 Å². The lowest BCUT2D eigenvalue weighted by atomic mass is 10.3. The molecule has 0 unspecified atom stereocenters. The molecule has 4 nitrogen and oxygen atoms in total. The first-order valence-electron chi connectivity index (χ1n) is 4.82. The van der Waals surface area contributed by atoms with E-state index in [2.05, 4.69) is 9.72 Å². The Bertz CT molecular complexity index is 449. The molecule has 0 radical (unpaired) electrons. The van der Waals surface area contributed by atoms with E-state index in [1.165, 1.54) is 7.11 Å². The van der Waals surface area contributed by atoms with Gasteiger partial charge < -0.3 is 9.14 Å². The van der Waals surface area contributed by atoms with Gasteiger partial charge in [-0.05, 0) is 12.1 Å². The molecule has 2 rings (SSSR count). The van der Waals surface area contributed by atoms with Gasteiger partial charge in [0.25, 0.3) is 0 Å². The zero-order valence-corrected chi connectivity index (χ0v) is 9.10. The quantitative estimate of drug-likeness (QED) is 0.671. The van der Waals surface area contributed by atoms with Crippen LogP contribution < -0.4 is 0 Å². The van der Waals surface area contributed by atoms with Crippen molar-refractivity contribution >= 4 is 11.6 Å². The number of nitrogens with zero attached hydrogens (tertiary/aromatic N) is 2. The second-order valence-corrected chi connectivity index (χ2v) is 2.60. The number of hydrogen-bond acceptors (Lipinski definition) is 3. The van der Waals surface area contributed by atoms with E-state index in [9.17, 15) is 4.79 Å². The second kappa shape index (κ2) is 5.14. The van der Waals surface area contributed by atoms with Crippen LogP contribution >= 0.6 is 0 Å². The predicted molar refractivity (Wildman–Crippen MR) is 57.9 cm³/mol. The average Bonchev–Trinajstić information content (AvgIpc) is 2.77. The van der Waals surface area contributed by atoms with Crippen LogP contribution in [0.2, 0.25) is 0 Å². The summed E-state index contributed by atoms with van der Waals surface area (Å²) in [7, 11) is 1.36. The Morgan fingerprint density at radius 2 is 2.13 bits per heavy atom. The lowest BCUT2D eigenvalue weighted by Crippen LogP contribution is -2.02. The van der Waals surface area contributed by atoms with Crippen LogP contribution in [0.15, 0.2) is 30.7 Å². The summed E-state index contributed by atoms with van der Waals surface area (Å²) < 4.78 is 6.36. The highest BCUT2D eigenvalue weighted by Crippen LogP contribution is 2.05. The van der Waals surface area contributed by atoms with Gasteiger partial charge in [-0.2, -0.15) is 0 Å². The first-order chi connectivity index (χ1) is 7.31. The third-order valence-corrected chi connectivity index (χ3v) is 1.81. The van der Waals surface area contributed by atoms with Gasteiger partial charge >= 0.3 is 5.97 Å². The van der Waals surface area contributed by atoms with E-state index in [1.54, 1.807) is 35.1 Å². The zero-order chi connectivity index (χ0) is 11.3. The lowest BCUT2D eigenvalue weighted by molar-refractivity contribution is 0.0600. The van der Waals surface area contributed by atoms with Crippen molar-refractivity contribution in [3.05, 3.63) is 36.3 Å². The van der Waals surface area contributed by atoms with Gasteiger partial charge in [0.05, 0.1) is 12.7 Å². The number of fused-ring (bicyclic) bond motifs is 1. The molecule has 2 aromatic heterocycles. The molecule has 0 aliphatic rings. The Morgan fingerprint density at radius 1 is 1.40 bits per heavy atom. The molecule has 0 saturated heterocycles. The maximum absolute atomic E-state index is 11.1. The van der Waals surface area contributed by atoms with Crippen molar-refractivity contribution in [3.63, 3.8) is 0 Å². The average molecular weight is 206 g/mol. The van der Waals surface area contributed by atoms with Gasteiger partial charge in [0, 0.05) is 18.6 Å². The number of esters is 1. The molecule has 0 aliphatic carbocycles. The number of imidazole rings is 1. The molecular weight excluding hydrogens is 192 g/mol. The van der Waals surface area contributed by atoms with Crippen LogP contribution in [0.4, 0.5) is 0 Å². The third-order valence-electron chi connectivity index (χ3n) is 1.81. The fourth-order valence-corrected chi connectivity index (χ4v) is 1.16. The van der Waals surface area contributed by atoms with Gasteiger partial charge in [-0.1, -0.05) is 13.8 Å². The number of aromatic nitrogens is 2. The maximum Gasteiger partial charge on any atom is 0.339 e. The molecule has 4 heteroatoms. The molecule has 0 spiro atoms. The smallest absolute Gasteiger partial charge is 0.339 e. The number of methoxy groups -OCH3 is 1. The van der Waals surface area contributed by atoms with Crippen LogP contribution in [0.5, 0.6) is 0 Å². The topological polar surface area (TPSA) is 43.6 Å². The predicted octanol–water partition coefficient (Wildman–Crippen LogP) is 2.15. The molecule has 0 atom stereocenters. The Balaban J connectivity index is 0.000000531. The number of carbonyl (C=O) groups excluding carboxylic acids is 1. The molecule has 15 heavy (non-hydrogen) atoms. The highest BCUT2D eigenvalue weighted by atomic mass is 16.5. The minimum absolute atomic E-state index is 0.337. The Hall–Kier alpha value is -1.84. The summed E-state index contributed by atoms with van der Waals surface area (Å²) in [5.74, 6) is -0.337. The molecule has 80 valence electrons. The van der Waals surface area contributed by atoms with Crippen molar-refractivity contribution in [2.75, 3.05) is 7.11 Å². The molecule has 0 amide bonds. The van der Waals surface area contributed by atoms with Crippen molar-refractivity contribution in [2.45, 2.75) is 13.8 Å². The van der Waals surface area contributed by atoms with Gasteiger partial charge in [-0.25, -0.2) is 9.78 Å². The van der Waals surface area contributed by atoms with E-state index in [0.717, 1.165) is 5.65 Å². The normalized spacial score (nSPS) is 9.27. The Kier molecular flexibility index (Phi) is 3.85. The molecule has 0 N–H and O–H groups in total. The summed E-state index contributed by atoms with van der Waals surface area (Å²) >= 11 is 0. The Labute approximate surface area is 88.5 Å². The number of ether oxygens (including phenoxy) is 1. The van der Waals surface area contributed by atoms with Gasteiger partial charge in [-0.3, -0.25) is 0 Å². The van der Waals surface area contributed by atoms with Gasteiger partial charge in [-0.15, -0.1) is 0 Å². The first kappa shape index (κ1) is 11.2. The van der Waals surface area contributed by atoms with Crippen LogP contribution in [-0.2, 0) is 4.74 Å². The van der Waals surface area contributed by atoms with Crippen LogP contribution in [0, 0.1) is 0 Å². The monoisotopic (exact) mass is 206 g/mol. The summed E-state index contributed by atoms with van der Waals surface area (Å²) in [6, 6.07) is 3.46. The van der Waals surface area contributed by atoms with Crippen LogP contribution in [0.25, 0.3) is 5.65 Å². The number of rotatable bonds is 1. The van der Waals surface area contributed by atoms with E-state index >= 15 is 0 Å². The van der Waals surface area contributed by atoms with Crippen LogP contribution in [-0.4, -0.2) is 22.5 Å². The lowest BCUT2D eigenvalue weighted by Gasteiger charge is -1.99. The summed E-state index contributed by atoms with van der Waals surface area (Å²) in [4.78, 5) is 15.2.